The topological polar surface area (TPSA) is 71.0 Å². The van der Waals surface area contributed by atoms with Gasteiger partial charge < -0.3 is 25.0 Å². The van der Waals surface area contributed by atoms with Crippen LogP contribution in [0.2, 0.25) is 0 Å². The van der Waals surface area contributed by atoms with Crippen molar-refractivity contribution in [2.45, 2.75) is 25.9 Å². The van der Waals surface area contributed by atoms with E-state index < -0.39 is 0 Å². The second-order valence-corrected chi connectivity index (χ2v) is 6.68. The summed E-state index contributed by atoms with van der Waals surface area (Å²) in [7, 11) is 1.77. The molecule has 2 aromatic rings. The Kier molecular flexibility index (Phi) is 5.27. The van der Waals surface area contributed by atoms with Crippen LogP contribution in [0.4, 0.5) is 5.82 Å². The zero-order valence-electron chi connectivity index (χ0n) is 15.6. The molecule has 0 aliphatic carbocycles. The van der Waals surface area contributed by atoms with E-state index >= 15 is 0 Å². The highest BCUT2D eigenvalue weighted by Crippen LogP contribution is 2.32. The first kappa shape index (κ1) is 17.5. The summed E-state index contributed by atoms with van der Waals surface area (Å²) in [4.78, 5) is 11.1. The van der Waals surface area contributed by atoms with Gasteiger partial charge in [-0.25, -0.2) is 4.98 Å². The Morgan fingerprint density at radius 3 is 2.56 bits per heavy atom. The van der Waals surface area contributed by atoms with Gasteiger partial charge in [-0.1, -0.05) is 6.07 Å². The molecule has 7 nitrogen and oxygen atoms in total. The molecule has 27 heavy (non-hydrogen) atoms. The van der Waals surface area contributed by atoms with E-state index in [1.165, 1.54) is 18.4 Å². The van der Waals surface area contributed by atoms with Gasteiger partial charge in [-0.3, -0.25) is 4.99 Å². The summed E-state index contributed by atoms with van der Waals surface area (Å²) in [6.45, 7) is 3.85. The first-order chi connectivity index (χ1) is 13.3. The van der Waals surface area contributed by atoms with Gasteiger partial charge in [0, 0.05) is 39.4 Å². The predicted molar refractivity (Wildman–Crippen MR) is 105 cm³/mol. The van der Waals surface area contributed by atoms with E-state index in [0.29, 0.717) is 19.9 Å². The number of hydrogen-bond donors (Lipinski definition) is 2. The lowest BCUT2D eigenvalue weighted by atomic mass is 10.2. The SMILES string of the molecule is CN=C(NCc1ccnc(N2CCCC2)c1)NCc1ccc2c(c1)OCO2. The van der Waals surface area contributed by atoms with Crippen LogP contribution in [0.15, 0.2) is 41.5 Å². The van der Waals surface area contributed by atoms with Crippen LogP contribution in [0.3, 0.4) is 0 Å². The Labute approximate surface area is 159 Å². The standard InChI is InChI=1S/C20H25N5O2/c1-21-20(23-12-15-4-5-17-18(10-15)27-14-26-17)24-13-16-6-7-22-19(11-16)25-8-2-3-9-25/h4-7,10-11H,2-3,8-9,12-14H2,1H3,(H2,21,23,24). The number of aromatic nitrogens is 1. The van der Waals surface area contributed by atoms with Gasteiger partial charge in [-0.05, 0) is 48.2 Å². The van der Waals surface area contributed by atoms with Gasteiger partial charge in [0.2, 0.25) is 6.79 Å². The third kappa shape index (κ3) is 4.24. The van der Waals surface area contributed by atoms with Crippen LogP contribution >= 0.6 is 0 Å². The molecule has 0 spiro atoms. The van der Waals surface area contributed by atoms with Crippen molar-refractivity contribution in [3.63, 3.8) is 0 Å². The van der Waals surface area contributed by atoms with Crippen molar-refractivity contribution in [1.82, 2.24) is 15.6 Å². The van der Waals surface area contributed by atoms with Crippen LogP contribution in [-0.2, 0) is 13.1 Å². The fraction of sp³-hybridized carbons (Fsp3) is 0.400. The van der Waals surface area contributed by atoms with Crippen molar-refractivity contribution in [2.24, 2.45) is 4.99 Å². The second kappa shape index (κ2) is 8.16. The highest BCUT2D eigenvalue weighted by molar-refractivity contribution is 5.79. The minimum atomic E-state index is 0.292. The molecule has 2 aliphatic heterocycles. The molecule has 3 heterocycles. The van der Waals surface area contributed by atoms with E-state index in [9.17, 15) is 0 Å². The molecular weight excluding hydrogens is 342 g/mol. The van der Waals surface area contributed by atoms with Gasteiger partial charge in [0.25, 0.3) is 0 Å². The number of hydrogen-bond acceptors (Lipinski definition) is 5. The number of rotatable bonds is 5. The summed E-state index contributed by atoms with van der Waals surface area (Å²) in [6, 6.07) is 10.2. The summed E-state index contributed by atoms with van der Waals surface area (Å²) in [6.07, 6.45) is 4.38. The number of anilines is 1. The van der Waals surface area contributed by atoms with Gasteiger partial charge in [-0.2, -0.15) is 0 Å². The minimum Gasteiger partial charge on any atom is -0.454 e. The van der Waals surface area contributed by atoms with Crippen molar-refractivity contribution in [2.75, 3.05) is 31.8 Å². The highest BCUT2D eigenvalue weighted by atomic mass is 16.7. The Hall–Kier alpha value is -2.96. The molecular formula is C20H25N5O2. The zero-order valence-corrected chi connectivity index (χ0v) is 15.6. The molecule has 1 aromatic heterocycles. The summed E-state index contributed by atoms with van der Waals surface area (Å²) in [5.41, 5.74) is 2.31. The largest absolute Gasteiger partial charge is 0.454 e. The van der Waals surface area contributed by atoms with E-state index in [-0.39, 0.29) is 0 Å². The molecule has 0 saturated carbocycles. The average molecular weight is 367 g/mol. The smallest absolute Gasteiger partial charge is 0.231 e. The number of aliphatic imine (C=N–C) groups is 1. The fourth-order valence-corrected chi connectivity index (χ4v) is 3.33. The third-order valence-electron chi connectivity index (χ3n) is 4.82. The molecule has 0 atom stereocenters. The first-order valence-corrected chi connectivity index (χ1v) is 9.35. The molecule has 7 heteroatoms. The van der Waals surface area contributed by atoms with Crippen molar-refractivity contribution >= 4 is 11.8 Å². The van der Waals surface area contributed by atoms with Crippen LogP contribution in [0.25, 0.3) is 0 Å². The monoisotopic (exact) mass is 367 g/mol. The van der Waals surface area contributed by atoms with E-state index in [1.807, 2.05) is 30.5 Å². The Morgan fingerprint density at radius 1 is 1.04 bits per heavy atom. The summed E-state index contributed by atoms with van der Waals surface area (Å²) >= 11 is 0. The van der Waals surface area contributed by atoms with E-state index in [2.05, 4.69) is 31.6 Å². The van der Waals surface area contributed by atoms with E-state index in [0.717, 1.165) is 41.9 Å². The quantitative estimate of drug-likeness (QED) is 0.624. The number of nitrogens with one attached hydrogen (secondary N) is 2. The Morgan fingerprint density at radius 2 is 1.78 bits per heavy atom. The molecule has 1 saturated heterocycles. The van der Waals surface area contributed by atoms with Crippen LogP contribution in [0, 0.1) is 0 Å². The molecule has 1 aromatic carbocycles. The molecule has 4 rings (SSSR count). The summed E-state index contributed by atoms with van der Waals surface area (Å²) < 4.78 is 10.8. The minimum absolute atomic E-state index is 0.292. The maximum atomic E-state index is 5.43. The molecule has 0 amide bonds. The van der Waals surface area contributed by atoms with E-state index in [1.54, 1.807) is 7.05 Å². The van der Waals surface area contributed by atoms with Gasteiger partial charge in [0.1, 0.15) is 5.82 Å². The summed E-state index contributed by atoms with van der Waals surface area (Å²) in [5, 5.41) is 6.70. The van der Waals surface area contributed by atoms with Crippen LogP contribution in [-0.4, -0.2) is 37.9 Å². The van der Waals surface area contributed by atoms with Crippen molar-refractivity contribution in [3.8, 4) is 11.5 Å². The van der Waals surface area contributed by atoms with Gasteiger partial charge in [-0.15, -0.1) is 0 Å². The first-order valence-electron chi connectivity index (χ1n) is 9.35. The van der Waals surface area contributed by atoms with Crippen molar-refractivity contribution in [3.05, 3.63) is 47.7 Å². The van der Waals surface area contributed by atoms with Crippen molar-refractivity contribution < 1.29 is 9.47 Å². The third-order valence-corrected chi connectivity index (χ3v) is 4.82. The molecule has 0 radical (unpaired) electrons. The van der Waals surface area contributed by atoms with E-state index in [4.69, 9.17) is 9.47 Å². The maximum absolute atomic E-state index is 5.43. The number of pyridine rings is 1. The maximum Gasteiger partial charge on any atom is 0.231 e. The number of fused-ring (bicyclic) bond motifs is 1. The predicted octanol–water partition coefficient (Wildman–Crippen LogP) is 2.28. The number of guanidine groups is 1. The lowest BCUT2D eigenvalue weighted by molar-refractivity contribution is 0.174. The molecule has 142 valence electrons. The van der Waals surface area contributed by atoms with Gasteiger partial charge in [0.15, 0.2) is 17.5 Å². The lowest BCUT2D eigenvalue weighted by Crippen LogP contribution is -2.36. The average Bonchev–Trinajstić information content (AvgIpc) is 3.40. The molecule has 0 unspecified atom stereocenters. The number of benzene rings is 1. The lowest BCUT2D eigenvalue weighted by Gasteiger charge is -2.17. The second-order valence-electron chi connectivity index (χ2n) is 6.68. The number of ether oxygens (including phenoxy) is 2. The number of nitrogens with zero attached hydrogens (tertiary/aromatic N) is 3. The van der Waals surface area contributed by atoms with Crippen LogP contribution < -0.4 is 25.0 Å². The van der Waals surface area contributed by atoms with Gasteiger partial charge in [0.05, 0.1) is 0 Å². The zero-order chi connectivity index (χ0) is 18.5. The fourth-order valence-electron chi connectivity index (χ4n) is 3.33. The normalized spacial score (nSPS) is 15.9. The van der Waals surface area contributed by atoms with Crippen LogP contribution in [0.1, 0.15) is 24.0 Å². The molecule has 1 fully saturated rings. The van der Waals surface area contributed by atoms with Gasteiger partial charge >= 0.3 is 0 Å². The Balaban J connectivity index is 1.31. The molecule has 2 aliphatic rings. The Bertz CT molecular complexity index is 818. The van der Waals surface area contributed by atoms with Crippen LogP contribution in [0.5, 0.6) is 11.5 Å². The molecule has 0 bridgehead atoms. The molecule has 2 N–H and O–H groups in total. The van der Waals surface area contributed by atoms with Crippen molar-refractivity contribution in [1.29, 1.82) is 0 Å². The highest BCUT2D eigenvalue weighted by Gasteiger charge is 2.14. The summed E-state index contributed by atoms with van der Waals surface area (Å²) in [5.74, 6) is 3.42.